The highest BCUT2D eigenvalue weighted by Gasteiger charge is 2.39. The zero-order valence-electron chi connectivity index (χ0n) is 20.3. The number of amidine groups is 2. The van der Waals surface area contributed by atoms with Crippen LogP contribution in [0.2, 0.25) is 0 Å². The normalized spacial score (nSPS) is 16.3. The molecule has 0 bridgehead atoms. The van der Waals surface area contributed by atoms with Crippen LogP contribution in [0.1, 0.15) is 12.5 Å². The fraction of sp³-hybridized carbons (Fsp3) is 0.250. The quantitative estimate of drug-likeness (QED) is 0.372. The number of hydrazone groups is 1. The highest BCUT2D eigenvalue weighted by molar-refractivity contribution is 8.42. The van der Waals surface area contributed by atoms with Gasteiger partial charge in [-0.05, 0) is 59.8 Å². The first-order valence-electron chi connectivity index (χ1n) is 11.1. The van der Waals surface area contributed by atoms with Crippen LogP contribution in [0.4, 0.5) is 0 Å². The lowest BCUT2D eigenvalue weighted by atomic mass is 10.1. The van der Waals surface area contributed by atoms with Crippen molar-refractivity contribution in [3.63, 3.8) is 0 Å². The molecule has 13 heteroatoms. The van der Waals surface area contributed by atoms with Gasteiger partial charge in [0.15, 0.2) is 17.3 Å². The van der Waals surface area contributed by atoms with Crippen molar-refractivity contribution in [3.05, 3.63) is 53.6 Å². The minimum Gasteiger partial charge on any atom is -0.497 e. The fourth-order valence-corrected chi connectivity index (χ4v) is 5.43. The minimum atomic E-state index is -3.60. The van der Waals surface area contributed by atoms with Gasteiger partial charge in [0.1, 0.15) is 24.7 Å². The molecular formula is C24H24N4O7S2. The van der Waals surface area contributed by atoms with Crippen LogP contribution >= 0.6 is 11.8 Å². The number of aliphatic imine (C=N–C) groups is 1. The molecule has 0 atom stereocenters. The Hall–Kier alpha value is -3.84. The second kappa shape index (κ2) is 11.0. The van der Waals surface area contributed by atoms with E-state index < -0.39 is 15.7 Å². The lowest BCUT2D eigenvalue weighted by molar-refractivity contribution is -0.114. The van der Waals surface area contributed by atoms with Gasteiger partial charge in [0, 0.05) is 0 Å². The first-order valence-corrected chi connectivity index (χ1v) is 13.5. The number of rotatable bonds is 9. The SMILES string of the molecule is CCS(=O)(=O)C1=NN2C(=N)/C(=C/c3ccc(OCCOc4ccc(OC)cc4)c(OC)c3)C(=O)N=C2S1. The van der Waals surface area contributed by atoms with Gasteiger partial charge >= 0.3 is 0 Å². The van der Waals surface area contributed by atoms with Crippen LogP contribution in [0.15, 0.2) is 58.1 Å². The average Bonchev–Trinajstić information content (AvgIpc) is 3.35. The molecule has 0 aliphatic carbocycles. The van der Waals surface area contributed by atoms with E-state index in [1.165, 1.54) is 20.1 Å². The molecule has 2 aliphatic rings. The number of hydrogen-bond acceptors (Lipinski definition) is 10. The number of nitrogens with one attached hydrogen (secondary N) is 1. The molecule has 0 saturated heterocycles. The molecule has 2 aliphatic heterocycles. The Labute approximate surface area is 218 Å². The fourth-order valence-electron chi connectivity index (χ4n) is 3.27. The van der Waals surface area contributed by atoms with Crippen molar-refractivity contribution >= 4 is 49.0 Å². The van der Waals surface area contributed by atoms with E-state index >= 15 is 0 Å². The molecule has 194 valence electrons. The van der Waals surface area contributed by atoms with E-state index in [2.05, 4.69) is 10.1 Å². The van der Waals surface area contributed by atoms with Crippen LogP contribution in [0.25, 0.3) is 6.08 Å². The van der Waals surface area contributed by atoms with Crippen LogP contribution in [-0.2, 0) is 14.6 Å². The van der Waals surface area contributed by atoms with Gasteiger partial charge in [-0.2, -0.15) is 10.0 Å². The topological polar surface area (TPSA) is 140 Å². The number of benzene rings is 2. The predicted molar refractivity (Wildman–Crippen MR) is 141 cm³/mol. The highest BCUT2D eigenvalue weighted by atomic mass is 32.3. The molecule has 0 fully saturated rings. The smallest absolute Gasteiger partial charge is 0.283 e. The predicted octanol–water partition coefficient (Wildman–Crippen LogP) is 3.17. The van der Waals surface area contributed by atoms with Crippen molar-refractivity contribution in [2.45, 2.75) is 6.92 Å². The van der Waals surface area contributed by atoms with Crippen molar-refractivity contribution < 1.29 is 32.2 Å². The zero-order chi connectivity index (χ0) is 26.6. The van der Waals surface area contributed by atoms with Crippen LogP contribution in [0.3, 0.4) is 0 Å². The summed E-state index contributed by atoms with van der Waals surface area (Å²) in [6.45, 7) is 2.06. The average molecular weight is 545 g/mol. The maximum Gasteiger partial charge on any atom is 0.283 e. The van der Waals surface area contributed by atoms with E-state index in [0.717, 1.165) is 22.5 Å². The Balaban J connectivity index is 1.44. The monoisotopic (exact) mass is 544 g/mol. The molecule has 0 aromatic heterocycles. The number of ether oxygens (including phenoxy) is 4. The summed E-state index contributed by atoms with van der Waals surface area (Å²) in [5.74, 6) is 1.24. The van der Waals surface area contributed by atoms with Crippen LogP contribution < -0.4 is 18.9 Å². The van der Waals surface area contributed by atoms with E-state index in [1.807, 2.05) is 0 Å². The van der Waals surface area contributed by atoms with E-state index in [4.69, 9.17) is 24.4 Å². The van der Waals surface area contributed by atoms with Gasteiger partial charge in [0.2, 0.25) is 19.4 Å². The lowest BCUT2D eigenvalue weighted by Crippen LogP contribution is -2.35. The molecule has 1 amide bonds. The second-order valence-corrected chi connectivity index (χ2v) is 11.0. The number of nitrogens with zero attached hydrogens (tertiary/aromatic N) is 3. The summed E-state index contributed by atoms with van der Waals surface area (Å²) in [6, 6.07) is 12.2. The third kappa shape index (κ3) is 5.78. The molecule has 1 N–H and O–H groups in total. The number of carbonyl (C=O) groups excluding carboxylic acids is 1. The van der Waals surface area contributed by atoms with Crippen molar-refractivity contribution in [2.75, 3.05) is 33.2 Å². The van der Waals surface area contributed by atoms with Crippen molar-refractivity contribution in [1.29, 1.82) is 5.41 Å². The molecule has 4 rings (SSSR count). The summed E-state index contributed by atoms with van der Waals surface area (Å²) in [7, 11) is -0.512. The molecule has 2 heterocycles. The van der Waals surface area contributed by atoms with E-state index in [1.54, 1.807) is 49.6 Å². The molecule has 37 heavy (non-hydrogen) atoms. The highest BCUT2D eigenvalue weighted by Crippen LogP contribution is 2.32. The molecule has 0 radical (unpaired) electrons. The van der Waals surface area contributed by atoms with Gasteiger partial charge in [-0.1, -0.05) is 13.0 Å². The Morgan fingerprint density at radius 3 is 2.38 bits per heavy atom. The van der Waals surface area contributed by atoms with Crippen LogP contribution in [-0.4, -0.2) is 67.9 Å². The number of thioether (sulfide) groups is 1. The molecule has 0 spiro atoms. The number of carbonyl (C=O) groups is 1. The van der Waals surface area contributed by atoms with Gasteiger partial charge in [0.05, 0.1) is 25.5 Å². The maximum atomic E-state index is 12.6. The van der Waals surface area contributed by atoms with Crippen LogP contribution in [0.5, 0.6) is 23.0 Å². The number of sulfone groups is 1. The van der Waals surface area contributed by atoms with E-state index in [-0.39, 0.29) is 33.3 Å². The Kier molecular flexibility index (Phi) is 7.83. The van der Waals surface area contributed by atoms with Crippen molar-refractivity contribution in [1.82, 2.24) is 5.01 Å². The Morgan fingerprint density at radius 2 is 1.70 bits per heavy atom. The first kappa shape index (κ1) is 26.2. The molecule has 2 aromatic rings. The van der Waals surface area contributed by atoms with Crippen molar-refractivity contribution in [2.24, 2.45) is 10.1 Å². The molecule has 0 saturated carbocycles. The second-order valence-electron chi connectivity index (χ2n) is 7.57. The van der Waals surface area contributed by atoms with Gasteiger partial charge in [-0.3, -0.25) is 10.2 Å². The first-order chi connectivity index (χ1) is 17.7. The van der Waals surface area contributed by atoms with E-state index in [9.17, 15) is 13.2 Å². The summed E-state index contributed by atoms with van der Waals surface area (Å²) >= 11 is 0.756. The minimum absolute atomic E-state index is 0.0353. The van der Waals surface area contributed by atoms with Gasteiger partial charge in [-0.15, -0.1) is 5.10 Å². The third-order valence-electron chi connectivity index (χ3n) is 5.25. The summed E-state index contributed by atoms with van der Waals surface area (Å²) in [5, 5.41) is 13.5. The molecule has 2 aromatic carbocycles. The summed E-state index contributed by atoms with van der Waals surface area (Å²) < 4.78 is 46.1. The number of hydrogen-bond donors (Lipinski definition) is 1. The zero-order valence-corrected chi connectivity index (χ0v) is 21.9. The Bertz CT molecular complexity index is 1420. The Morgan fingerprint density at radius 1 is 1.00 bits per heavy atom. The third-order valence-corrected chi connectivity index (χ3v) is 8.34. The number of fused-ring (bicyclic) bond motifs is 1. The summed E-state index contributed by atoms with van der Waals surface area (Å²) in [4.78, 5) is 16.5. The standard InChI is InChI=1S/C24H24N4O7S2/c1-4-37(30,31)24-27-28-21(25)18(22(29)26-23(28)36-24)13-15-5-10-19(20(14-15)33-3)35-12-11-34-17-8-6-16(32-2)7-9-17/h5-10,13-14,25H,4,11-12H2,1-3H3/b18-13-,25-21?. The van der Waals surface area contributed by atoms with Crippen LogP contribution in [0, 0.1) is 5.41 Å². The summed E-state index contributed by atoms with van der Waals surface area (Å²) in [5.41, 5.74) is 0.523. The molecule has 0 unspecified atom stereocenters. The molecular weight excluding hydrogens is 520 g/mol. The number of amides is 1. The van der Waals surface area contributed by atoms with Gasteiger partial charge in [0.25, 0.3) is 5.91 Å². The largest absolute Gasteiger partial charge is 0.497 e. The molecule has 11 nitrogen and oxygen atoms in total. The summed E-state index contributed by atoms with van der Waals surface area (Å²) in [6.07, 6.45) is 1.47. The van der Waals surface area contributed by atoms with E-state index in [0.29, 0.717) is 29.4 Å². The number of methoxy groups -OCH3 is 2. The van der Waals surface area contributed by atoms with Gasteiger partial charge in [-0.25, -0.2) is 8.42 Å². The van der Waals surface area contributed by atoms with Gasteiger partial charge < -0.3 is 18.9 Å². The maximum absolute atomic E-state index is 12.6. The van der Waals surface area contributed by atoms with Crippen molar-refractivity contribution in [3.8, 4) is 23.0 Å². The lowest BCUT2D eigenvalue weighted by Gasteiger charge is -2.20.